The summed E-state index contributed by atoms with van der Waals surface area (Å²) < 4.78 is 1.16. The summed E-state index contributed by atoms with van der Waals surface area (Å²) >= 11 is 1.64. The Balaban J connectivity index is 1.96. The molecule has 0 aliphatic rings. The molecule has 0 bridgehead atoms. The monoisotopic (exact) mass is 306 g/mol. The van der Waals surface area contributed by atoms with E-state index in [1.54, 1.807) is 25.2 Å². The molecule has 0 radical (unpaired) electrons. The Morgan fingerprint density at radius 2 is 2.10 bits per heavy atom. The van der Waals surface area contributed by atoms with Crippen molar-refractivity contribution in [3.8, 4) is 0 Å². The minimum absolute atomic E-state index is 0.0887. The fourth-order valence-electron chi connectivity index (χ4n) is 1.85. The van der Waals surface area contributed by atoms with E-state index in [0.29, 0.717) is 12.1 Å². The van der Waals surface area contributed by atoms with Crippen molar-refractivity contribution < 1.29 is 14.7 Å². The van der Waals surface area contributed by atoms with E-state index in [9.17, 15) is 9.59 Å². The quantitative estimate of drug-likeness (QED) is 0.790. The number of benzene rings is 1. The van der Waals surface area contributed by atoms with Gasteiger partial charge in [-0.15, -0.1) is 11.3 Å². The van der Waals surface area contributed by atoms with E-state index in [4.69, 9.17) is 5.11 Å². The van der Waals surface area contributed by atoms with Crippen LogP contribution in [0.3, 0.4) is 0 Å². The molecule has 2 aromatic rings. The Hall–Kier alpha value is -2.08. The molecule has 5 nitrogen and oxygen atoms in total. The second kappa shape index (κ2) is 6.13. The van der Waals surface area contributed by atoms with Gasteiger partial charge < -0.3 is 15.7 Å². The molecule has 0 spiro atoms. The highest BCUT2D eigenvalue weighted by Crippen LogP contribution is 2.24. The third-order valence-corrected chi connectivity index (χ3v) is 4.54. The highest BCUT2D eigenvalue weighted by Gasteiger charge is 2.31. The molecule has 0 saturated heterocycles. The van der Waals surface area contributed by atoms with Gasteiger partial charge in [-0.3, -0.25) is 4.79 Å². The molecular formula is C15H18N2O3S. The number of hydrogen-bond donors (Lipinski definition) is 3. The molecule has 1 aromatic heterocycles. The van der Waals surface area contributed by atoms with E-state index in [-0.39, 0.29) is 6.54 Å². The Kier molecular flexibility index (Phi) is 4.47. The number of carboxylic acid groups (broad SMARTS) is 1. The maximum absolute atomic E-state index is 11.9. The highest BCUT2D eigenvalue weighted by molar-refractivity contribution is 7.17. The number of amides is 2. The first kappa shape index (κ1) is 15.3. The third kappa shape index (κ3) is 3.52. The molecule has 2 rings (SSSR count). The van der Waals surface area contributed by atoms with Crippen molar-refractivity contribution in [1.29, 1.82) is 0 Å². The van der Waals surface area contributed by atoms with Gasteiger partial charge in [-0.05, 0) is 48.4 Å². The lowest BCUT2D eigenvalue weighted by Crippen LogP contribution is -2.42. The average molecular weight is 306 g/mol. The van der Waals surface area contributed by atoms with Crippen molar-refractivity contribution in [3.63, 3.8) is 0 Å². The van der Waals surface area contributed by atoms with Crippen LogP contribution in [-0.2, 0) is 4.79 Å². The van der Waals surface area contributed by atoms with E-state index in [0.717, 1.165) is 10.1 Å². The van der Waals surface area contributed by atoms with Crippen molar-refractivity contribution in [2.45, 2.75) is 20.3 Å². The van der Waals surface area contributed by atoms with Crippen LogP contribution in [0.15, 0.2) is 29.6 Å². The van der Waals surface area contributed by atoms with Crippen LogP contribution < -0.4 is 10.6 Å². The molecule has 1 unspecified atom stereocenters. The second-order valence-electron chi connectivity index (χ2n) is 5.20. The van der Waals surface area contributed by atoms with Gasteiger partial charge in [-0.2, -0.15) is 0 Å². The van der Waals surface area contributed by atoms with Gasteiger partial charge in [-0.25, -0.2) is 4.79 Å². The summed E-state index contributed by atoms with van der Waals surface area (Å²) in [5.74, 6) is -0.912. The largest absolute Gasteiger partial charge is 0.481 e. The summed E-state index contributed by atoms with van der Waals surface area (Å²) in [6, 6.07) is 7.26. The standard InChI is InChI=1S/C15H18N2O3S/c1-3-15(2,13(18)19)9-16-14(20)17-11-4-5-12-10(8-11)6-7-21-12/h4-8H,3,9H2,1-2H3,(H,18,19)(H2,16,17,20). The zero-order chi connectivity index (χ0) is 15.5. The first-order valence-corrected chi connectivity index (χ1v) is 7.58. The van der Waals surface area contributed by atoms with E-state index in [2.05, 4.69) is 10.6 Å². The zero-order valence-electron chi connectivity index (χ0n) is 12.0. The predicted molar refractivity (Wildman–Crippen MR) is 84.9 cm³/mol. The van der Waals surface area contributed by atoms with Crippen molar-refractivity contribution in [1.82, 2.24) is 5.32 Å². The van der Waals surface area contributed by atoms with Crippen molar-refractivity contribution in [2.24, 2.45) is 5.41 Å². The van der Waals surface area contributed by atoms with Gasteiger partial charge in [0.25, 0.3) is 0 Å². The SMILES string of the molecule is CCC(C)(CNC(=O)Nc1ccc2sccc2c1)C(=O)O. The number of thiophene rings is 1. The van der Waals surface area contributed by atoms with Gasteiger partial charge in [0.15, 0.2) is 0 Å². The van der Waals surface area contributed by atoms with E-state index in [1.807, 2.05) is 29.6 Å². The number of hydrogen-bond acceptors (Lipinski definition) is 3. The molecule has 0 saturated carbocycles. The average Bonchev–Trinajstić information content (AvgIpc) is 2.92. The van der Waals surface area contributed by atoms with Crippen LogP contribution in [0.25, 0.3) is 10.1 Å². The maximum atomic E-state index is 11.9. The molecule has 2 amide bonds. The van der Waals surface area contributed by atoms with Gasteiger partial charge in [0, 0.05) is 16.9 Å². The molecule has 0 fully saturated rings. The van der Waals surface area contributed by atoms with E-state index >= 15 is 0 Å². The fourth-order valence-corrected chi connectivity index (χ4v) is 2.62. The Bertz CT molecular complexity index is 668. The molecule has 0 aliphatic carbocycles. The summed E-state index contributed by atoms with van der Waals surface area (Å²) in [4.78, 5) is 23.0. The molecule has 112 valence electrons. The zero-order valence-corrected chi connectivity index (χ0v) is 12.8. The van der Waals surface area contributed by atoms with E-state index < -0.39 is 17.4 Å². The lowest BCUT2D eigenvalue weighted by molar-refractivity contribution is -0.147. The van der Waals surface area contributed by atoms with Crippen LogP contribution in [0.4, 0.5) is 10.5 Å². The molecule has 6 heteroatoms. The van der Waals surface area contributed by atoms with Crippen LogP contribution in [0.5, 0.6) is 0 Å². The van der Waals surface area contributed by atoms with Crippen LogP contribution >= 0.6 is 11.3 Å². The maximum Gasteiger partial charge on any atom is 0.319 e. The van der Waals surface area contributed by atoms with Gasteiger partial charge >= 0.3 is 12.0 Å². The Labute approximate surface area is 127 Å². The number of carbonyl (C=O) groups is 2. The third-order valence-electron chi connectivity index (χ3n) is 3.65. The highest BCUT2D eigenvalue weighted by atomic mass is 32.1. The summed E-state index contributed by atoms with van der Waals surface area (Å²) in [6.07, 6.45) is 0.448. The number of carbonyl (C=O) groups excluding carboxylic acids is 1. The number of carboxylic acids is 1. The summed E-state index contributed by atoms with van der Waals surface area (Å²) in [5.41, 5.74) is -0.263. The number of fused-ring (bicyclic) bond motifs is 1. The molecule has 3 N–H and O–H groups in total. The second-order valence-corrected chi connectivity index (χ2v) is 6.15. The smallest absolute Gasteiger partial charge is 0.319 e. The first-order chi connectivity index (χ1) is 9.94. The topological polar surface area (TPSA) is 78.4 Å². The van der Waals surface area contributed by atoms with Crippen molar-refractivity contribution in [2.75, 3.05) is 11.9 Å². The minimum atomic E-state index is -0.950. The van der Waals surface area contributed by atoms with Gasteiger partial charge in [0.05, 0.1) is 5.41 Å². The fraction of sp³-hybridized carbons (Fsp3) is 0.333. The van der Waals surface area contributed by atoms with Crippen molar-refractivity contribution in [3.05, 3.63) is 29.6 Å². The molecule has 1 aromatic carbocycles. The Morgan fingerprint density at radius 1 is 1.33 bits per heavy atom. The van der Waals surface area contributed by atoms with Crippen LogP contribution in [0.2, 0.25) is 0 Å². The van der Waals surface area contributed by atoms with Crippen LogP contribution in [0, 0.1) is 5.41 Å². The minimum Gasteiger partial charge on any atom is -0.481 e. The first-order valence-electron chi connectivity index (χ1n) is 6.70. The molecule has 21 heavy (non-hydrogen) atoms. The molecule has 1 heterocycles. The summed E-state index contributed by atoms with van der Waals surface area (Å²) in [5, 5.41) is 17.6. The summed E-state index contributed by atoms with van der Waals surface area (Å²) in [7, 11) is 0. The number of urea groups is 1. The number of nitrogens with one attached hydrogen (secondary N) is 2. The lowest BCUT2D eigenvalue weighted by atomic mass is 9.88. The van der Waals surface area contributed by atoms with Crippen LogP contribution in [-0.4, -0.2) is 23.7 Å². The molecule has 1 atom stereocenters. The number of anilines is 1. The van der Waals surface area contributed by atoms with Gasteiger partial charge in [-0.1, -0.05) is 6.92 Å². The van der Waals surface area contributed by atoms with Crippen LogP contribution in [0.1, 0.15) is 20.3 Å². The number of rotatable bonds is 5. The van der Waals surface area contributed by atoms with E-state index in [1.165, 1.54) is 0 Å². The normalized spacial score (nSPS) is 13.6. The predicted octanol–water partition coefficient (Wildman–Crippen LogP) is 3.52. The van der Waals surface area contributed by atoms with Gasteiger partial charge in [0.1, 0.15) is 0 Å². The summed E-state index contributed by atoms with van der Waals surface area (Å²) in [6.45, 7) is 3.50. The molecular weight excluding hydrogens is 288 g/mol. The molecule has 0 aliphatic heterocycles. The number of aliphatic carboxylic acids is 1. The van der Waals surface area contributed by atoms with Gasteiger partial charge in [0.2, 0.25) is 0 Å². The van der Waals surface area contributed by atoms with Crippen molar-refractivity contribution >= 4 is 39.1 Å². The Morgan fingerprint density at radius 3 is 2.76 bits per heavy atom. The lowest BCUT2D eigenvalue weighted by Gasteiger charge is -2.23.